The Morgan fingerprint density at radius 2 is 0.615 bits per heavy atom. The largest absolute Gasteiger partial charge is 0.490 e. The normalized spacial score (nSPS) is 20.4. The zero-order valence-corrected chi connectivity index (χ0v) is 58.1. The van der Waals surface area contributed by atoms with Gasteiger partial charge in [-0.15, -0.1) is 0 Å². The molecule has 0 spiro atoms. The number of carbonyl (C=O) groups excluding carboxylic acids is 4. The first-order valence-corrected chi connectivity index (χ1v) is 38.3. The molecule has 0 bridgehead atoms. The summed E-state index contributed by atoms with van der Waals surface area (Å²) in [4.78, 5) is 44.0. The number of alkyl halides is 25. The zero-order valence-electron chi connectivity index (χ0n) is 54.9. The Morgan fingerprint density at radius 1 is 0.356 bits per heavy atom. The molecule has 20 nitrogen and oxygen atoms in total. The van der Waals surface area contributed by atoms with Crippen LogP contribution in [-0.2, 0) is 96.4 Å². The van der Waals surface area contributed by atoms with E-state index in [0.717, 1.165) is 0 Å². The van der Waals surface area contributed by atoms with Crippen molar-refractivity contribution in [3.8, 4) is 0 Å². The Kier molecular flexibility index (Phi) is 38.5. The summed E-state index contributed by atoms with van der Waals surface area (Å²) in [6, 6.07) is 0. The highest BCUT2D eigenvalue weighted by atomic mass is 32.2. The van der Waals surface area contributed by atoms with E-state index < -0.39 is 194 Å². The molecule has 0 amide bonds. The number of rotatable bonds is 30. The molecule has 0 radical (unpaired) electrons. The number of carbonyl (C=O) groups is 4. The van der Waals surface area contributed by atoms with Gasteiger partial charge in [-0.3, -0.25) is 14.4 Å². The molecular weight excluding hydrogens is 1580 g/mol. The Hall–Kier alpha value is -4.23. The van der Waals surface area contributed by atoms with Crippen LogP contribution in [0.3, 0.4) is 0 Å². The smallest absolute Gasteiger partial charge is 0.453 e. The quantitative estimate of drug-likeness (QED) is 0.0279. The minimum Gasteiger partial charge on any atom is -0.453 e. The second-order valence-corrected chi connectivity index (χ2v) is 33.8. The number of hydrogen-bond donors (Lipinski definition) is 0. The van der Waals surface area contributed by atoms with E-state index in [1.54, 1.807) is 0 Å². The lowest BCUT2D eigenvalue weighted by Gasteiger charge is -2.28. The summed E-state index contributed by atoms with van der Waals surface area (Å²) in [5, 5.41) is 0. The average Bonchev–Trinajstić information content (AvgIpc) is 0.867. The van der Waals surface area contributed by atoms with Gasteiger partial charge in [0, 0.05) is 33.4 Å². The molecule has 0 aromatic rings. The molecule has 4 heterocycles. The molecule has 5 atom stereocenters. The molecule has 4 aliphatic heterocycles. The first kappa shape index (κ1) is 97.8. The maximum atomic E-state index is 13.8. The summed E-state index contributed by atoms with van der Waals surface area (Å²) in [6.45, 7) is -3.99. The van der Waals surface area contributed by atoms with E-state index >= 15 is 0 Å². The van der Waals surface area contributed by atoms with Crippen molar-refractivity contribution < 1.29 is 201 Å². The van der Waals surface area contributed by atoms with Crippen LogP contribution in [0, 0.1) is 29.6 Å². The molecule has 0 saturated carbocycles. The van der Waals surface area contributed by atoms with Crippen molar-refractivity contribution >= 4 is 63.2 Å². The SMILES string of the molecule is CC(C(=O)OC(COCCC1CCS(=O)(=O)CC1)C(C)(F)F)C(F)(F)F.O=C(CC(F)(F)F)OC(COCCC1CCS(=O)(=O)CC1)C(F)(F)CC(F)(F)F.O=C(CC(F)(F)F)OC(COCCC1CCS(=O)(=O)CC1)C(F)(F)F.O=C(OC(COCCC1CCS(=O)(=O)CC1)C(F)(F)F)C(F)(F)F. The Bertz CT molecular complexity index is 3040. The molecule has 4 saturated heterocycles. The number of ether oxygens (including phenoxy) is 8. The van der Waals surface area contributed by atoms with E-state index in [0.29, 0.717) is 78.1 Å². The molecule has 0 aromatic carbocycles. The summed E-state index contributed by atoms with van der Waals surface area (Å²) in [7, 11) is -12.2. The molecule has 0 aliphatic carbocycles. The third kappa shape index (κ3) is 44.3. The van der Waals surface area contributed by atoms with E-state index in [1.807, 2.05) is 0 Å². The summed E-state index contributed by atoms with van der Waals surface area (Å²) in [5.41, 5.74) is 0. The van der Waals surface area contributed by atoms with Gasteiger partial charge < -0.3 is 37.9 Å². The van der Waals surface area contributed by atoms with Crippen molar-refractivity contribution in [2.45, 2.75) is 190 Å². The summed E-state index contributed by atoms with van der Waals surface area (Å²) < 4.78 is 438. The van der Waals surface area contributed by atoms with Crippen molar-refractivity contribution in [1.29, 1.82) is 0 Å². The minimum absolute atomic E-state index is 0.00790. The van der Waals surface area contributed by atoms with Gasteiger partial charge in [0.25, 0.3) is 11.8 Å². The fourth-order valence-corrected chi connectivity index (χ4v) is 15.6. The molecule has 0 N–H and O–H groups in total. The van der Waals surface area contributed by atoms with Gasteiger partial charge in [0.1, 0.15) is 64.5 Å². The lowest BCUT2D eigenvalue weighted by molar-refractivity contribution is -0.253. The van der Waals surface area contributed by atoms with E-state index in [9.17, 15) is 163 Å². The number of hydrogen-bond acceptors (Lipinski definition) is 20. The second kappa shape index (κ2) is 41.0. The topological polar surface area (TPSA) is 279 Å². The van der Waals surface area contributed by atoms with Gasteiger partial charge in [0.05, 0.1) is 72.5 Å². The fraction of sp³-hybridized carbons (Fsp3) is 0.927. The van der Waals surface area contributed by atoms with Crippen molar-refractivity contribution in [2.75, 3.05) is 98.9 Å². The van der Waals surface area contributed by atoms with Crippen LogP contribution in [0.4, 0.5) is 110 Å². The second-order valence-electron chi connectivity index (χ2n) is 24.5. The van der Waals surface area contributed by atoms with Gasteiger partial charge in [-0.1, -0.05) is 0 Å². The van der Waals surface area contributed by atoms with Crippen LogP contribution < -0.4 is 0 Å². The first-order chi connectivity index (χ1) is 46.8. The minimum atomic E-state index is -5.53. The molecule has 49 heteroatoms. The van der Waals surface area contributed by atoms with E-state index in [2.05, 4.69) is 23.7 Å². The van der Waals surface area contributed by atoms with Gasteiger partial charge in [0.15, 0.2) is 12.2 Å². The molecule has 4 fully saturated rings. The van der Waals surface area contributed by atoms with E-state index in [1.165, 1.54) is 0 Å². The first-order valence-electron chi connectivity index (χ1n) is 31.0. The monoisotopic (exact) mass is 1660 g/mol. The molecule has 616 valence electrons. The van der Waals surface area contributed by atoms with Gasteiger partial charge >= 0.3 is 67.1 Å². The third-order valence-corrected chi connectivity index (χ3v) is 22.3. The Balaban J connectivity index is 0.000000695. The summed E-state index contributed by atoms with van der Waals surface area (Å²) in [6.07, 6.45) is -49.7. The molecule has 4 rings (SSSR count). The summed E-state index contributed by atoms with van der Waals surface area (Å²) in [5.74, 6) is -19.7. The predicted molar refractivity (Wildman–Crippen MR) is 308 cm³/mol. The molecule has 104 heavy (non-hydrogen) atoms. The van der Waals surface area contributed by atoms with Crippen LogP contribution in [0.25, 0.3) is 0 Å². The maximum absolute atomic E-state index is 13.8. The lowest BCUT2D eigenvalue weighted by Crippen LogP contribution is -2.44. The summed E-state index contributed by atoms with van der Waals surface area (Å²) >= 11 is 0. The van der Waals surface area contributed by atoms with E-state index in [4.69, 9.17) is 14.2 Å². The van der Waals surface area contributed by atoms with Gasteiger partial charge in [0.2, 0.25) is 12.2 Å². The molecular formula is C55H77F25O20S4. The molecule has 0 aromatic heterocycles. The Morgan fingerprint density at radius 3 is 0.856 bits per heavy atom. The fourth-order valence-electron chi connectivity index (χ4n) is 9.27. The van der Waals surface area contributed by atoms with Crippen LogP contribution >= 0.6 is 0 Å². The highest BCUT2D eigenvalue weighted by Crippen LogP contribution is 2.38. The molecule has 4 aliphatic rings. The molecule has 5 unspecified atom stereocenters. The third-order valence-electron chi connectivity index (χ3n) is 15.5. The highest BCUT2D eigenvalue weighted by molar-refractivity contribution is 7.92. The average molecular weight is 1660 g/mol. The van der Waals surface area contributed by atoms with Crippen molar-refractivity contribution in [2.24, 2.45) is 29.6 Å². The van der Waals surface area contributed by atoms with Crippen LogP contribution in [0.1, 0.15) is 110 Å². The maximum Gasteiger partial charge on any atom is 0.490 e. The zero-order chi connectivity index (χ0) is 80.6. The Labute approximate surface area is 580 Å². The highest BCUT2D eigenvalue weighted by Gasteiger charge is 2.53. The van der Waals surface area contributed by atoms with Gasteiger partial charge in [-0.05, 0) is 108 Å². The number of halogens is 25. The van der Waals surface area contributed by atoms with Crippen LogP contribution in [0.2, 0.25) is 0 Å². The number of esters is 4. The van der Waals surface area contributed by atoms with Crippen LogP contribution in [0.15, 0.2) is 0 Å². The van der Waals surface area contributed by atoms with Crippen LogP contribution in [0.5, 0.6) is 0 Å². The van der Waals surface area contributed by atoms with Gasteiger partial charge in [-0.25, -0.2) is 56.0 Å². The predicted octanol–water partition coefficient (Wildman–Crippen LogP) is 11.6. The van der Waals surface area contributed by atoms with Crippen LogP contribution in [-0.4, -0.2) is 236 Å². The van der Waals surface area contributed by atoms with Crippen molar-refractivity contribution in [1.82, 2.24) is 0 Å². The van der Waals surface area contributed by atoms with Crippen molar-refractivity contribution in [3.63, 3.8) is 0 Å². The van der Waals surface area contributed by atoms with Crippen molar-refractivity contribution in [3.05, 3.63) is 0 Å². The standard InChI is InChI=1S/C15H20F8O5S.C15H23F5O5S.C13H18F6O5S.C12H16F6O5S/c16-13(17,9-15(21,22)23)11(28-12(24)7-14(18,19)20)8-27-4-1-10-2-5-29(25,26)6-3-10;1-10(15(18,19)20)13(21)25-12(14(2,16)17)9-24-6-3-11-4-7-26(22,23)8-5-11;14-12(15,16)7-11(20)24-10(13(17,18)19)8-23-4-1-9-2-5-25(21,22)6-3-9;13-11(14,15)9(23-10(19)12(16,17)18)7-22-4-1-8-2-5-24(20,21)6-3-8/h10-11H,1-9H2;10-12H,3-9H2,1-2H3;9-10H,1-8H2;8-9H,1-7H2. The number of sulfone groups is 4. The lowest BCUT2D eigenvalue weighted by atomic mass is 9.99. The van der Waals surface area contributed by atoms with E-state index in [-0.39, 0.29) is 109 Å². The van der Waals surface area contributed by atoms with Gasteiger partial charge in [-0.2, -0.15) is 92.2 Å².